The molecule has 1 saturated heterocycles. The third-order valence-electron chi connectivity index (χ3n) is 11.2. The van der Waals surface area contributed by atoms with E-state index in [0.29, 0.717) is 51.4 Å². The van der Waals surface area contributed by atoms with Gasteiger partial charge in [0.2, 0.25) is 11.8 Å². The second kappa shape index (κ2) is 19.5. The first kappa shape index (κ1) is 45.2. The lowest BCUT2D eigenvalue weighted by atomic mass is 9.85. The number of carbonyl (C=O) groups is 3. The molecule has 0 radical (unpaired) electrons. The van der Waals surface area contributed by atoms with Gasteiger partial charge < -0.3 is 30.1 Å². The number of nitrogens with zero attached hydrogens (tertiary/aromatic N) is 4. The van der Waals surface area contributed by atoms with Crippen molar-refractivity contribution in [2.24, 2.45) is 5.92 Å². The van der Waals surface area contributed by atoms with E-state index in [1.54, 1.807) is 24.3 Å². The first-order valence-electron chi connectivity index (χ1n) is 21.2. The minimum absolute atomic E-state index is 0.0396. The predicted octanol–water partition coefficient (Wildman–Crippen LogP) is 7.16. The maximum Gasteiger partial charge on any atom is 0.410 e. The van der Waals surface area contributed by atoms with Gasteiger partial charge in [0.15, 0.2) is 5.72 Å². The van der Waals surface area contributed by atoms with E-state index in [0.717, 1.165) is 37.8 Å². The molecule has 1 saturated carbocycles. The van der Waals surface area contributed by atoms with Gasteiger partial charge in [0.25, 0.3) is 0 Å². The summed E-state index contributed by atoms with van der Waals surface area (Å²) in [5, 5.41) is 17.9. The number of benzene rings is 1. The van der Waals surface area contributed by atoms with Crippen LogP contribution in [0.4, 0.5) is 18.4 Å². The van der Waals surface area contributed by atoms with Crippen molar-refractivity contribution in [1.29, 1.82) is 0 Å². The molecule has 3 N–H and O–H groups in total. The summed E-state index contributed by atoms with van der Waals surface area (Å²) < 4.78 is 39.2. The Morgan fingerprint density at radius 2 is 1.66 bits per heavy atom. The van der Waals surface area contributed by atoms with E-state index in [4.69, 9.17) is 14.5 Å². The molecule has 2 fully saturated rings. The van der Waals surface area contributed by atoms with Gasteiger partial charge in [0.05, 0.1) is 17.8 Å². The molecule has 322 valence electrons. The Balaban J connectivity index is 1.33. The second-order valence-corrected chi connectivity index (χ2v) is 18.3. The summed E-state index contributed by atoms with van der Waals surface area (Å²) in [4.78, 5) is 50.9. The Bertz CT molecular complexity index is 1660. The molecule has 2 aliphatic carbocycles. The molecule has 0 unspecified atom stereocenters. The Labute approximate surface area is 343 Å². The smallest absolute Gasteiger partial charge is 0.410 e. The Morgan fingerprint density at radius 1 is 0.948 bits per heavy atom. The molecule has 14 heteroatoms. The van der Waals surface area contributed by atoms with Crippen molar-refractivity contribution in [3.63, 3.8) is 0 Å². The van der Waals surface area contributed by atoms with Gasteiger partial charge in [0.1, 0.15) is 11.2 Å². The zero-order chi connectivity index (χ0) is 42.1. The highest BCUT2D eigenvalue weighted by molar-refractivity contribution is 5.79. The lowest BCUT2D eigenvalue weighted by Crippen LogP contribution is -2.60. The summed E-state index contributed by atoms with van der Waals surface area (Å²) in [7, 11) is 0. The summed E-state index contributed by atoms with van der Waals surface area (Å²) in [5.41, 5.74) is -0.195. The zero-order valence-corrected chi connectivity index (χ0v) is 35.4. The lowest BCUT2D eigenvalue weighted by Gasteiger charge is -2.45. The molecule has 3 aliphatic rings. The van der Waals surface area contributed by atoms with Gasteiger partial charge in [-0.15, -0.1) is 0 Å². The van der Waals surface area contributed by atoms with Crippen LogP contribution in [0, 0.1) is 5.92 Å². The van der Waals surface area contributed by atoms with E-state index in [2.05, 4.69) is 26.5 Å². The molecule has 0 spiro atoms. The number of rotatable bonds is 14. The van der Waals surface area contributed by atoms with Gasteiger partial charge in [-0.05, 0) is 105 Å². The highest BCUT2D eigenvalue weighted by atomic mass is 19.3. The number of piperazine rings is 1. The third kappa shape index (κ3) is 13.3. The first-order valence-corrected chi connectivity index (χ1v) is 21.2. The minimum atomic E-state index is -2.77. The van der Waals surface area contributed by atoms with E-state index >= 15 is 0 Å². The Kier molecular flexibility index (Phi) is 15.2. The molecule has 2 aromatic rings. The van der Waals surface area contributed by atoms with Crippen LogP contribution >= 0.6 is 0 Å². The number of ether oxygens (including phenoxy) is 2. The molecular weight excluding hydrogens is 747 g/mol. The highest BCUT2D eigenvalue weighted by Crippen LogP contribution is 2.37. The molecule has 3 atom stereocenters. The van der Waals surface area contributed by atoms with Crippen molar-refractivity contribution in [3.05, 3.63) is 65.5 Å². The van der Waals surface area contributed by atoms with Gasteiger partial charge in [-0.3, -0.25) is 19.6 Å². The van der Waals surface area contributed by atoms with Crippen LogP contribution in [0.25, 0.3) is 0 Å². The van der Waals surface area contributed by atoms with Crippen molar-refractivity contribution < 1.29 is 37.7 Å². The number of alkyl carbamates (subject to hydrolysis) is 1. The zero-order valence-electron chi connectivity index (χ0n) is 35.4. The average molecular weight is 813 g/mol. The summed E-state index contributed by atoms with van der Waals surface area (Å²) in [6, 6.07) is 12.8. The summed E-state index contributed by atoms with van der Waals surface area (Å²) in [6.45, 7) is 14.6. The van der Waals surface area contributed by atoms with Crippen LogP contribution in [0.3, 0.4) is 0 Å². The number of pyridine rings is 1. The third-order valence-corrected chi connectivity index (χ3v) is 11.2. The number of hydrogen-bond acceptors (Lipinski definition) is 9. The Hall–Kier alpha value is -3.88. The monoisotopic (exact) mass is 813 g/mol. The number of halogens is 2. The van der Waals surface area contributed by atoms with Crippen molar-refractivity contribution >= 4 is 18.1 Å². The predicted molar refractivity (Wildman–Crippen MR) is 218 cm³/mol. The van der Waals surface area contributed by atoms with E-state index in [9.17, 15) is 28.3 Å². The van der Waals surface area contributed by atoms with Crippen LogP contribution in [0.1, 0.15) is 122 Å². The van der Waals surface area contributed by atoms with E-state index in [1.807, 2.05) is 64.8 Å². The molecule has 3 amide bonds. The number of nitrogens with one attached hydrogen (secondary N) is 2. The number of carbonyl (C=O) groups excluding carboxylic acids is 3. The van der Waals surface area contributed by atoms with Crippen molar-refractivity contribution in [2.75, 3.05) is 45.8 Å². The molecule has 1 aliphatic heterocycles. The number of aryl methyl sites for hydroxylation is 1. The molecule has 58 heavy (non-hydrogen) atoms. The van der Waals surface area contributed by atoms with E-state index in [1.165, 1.54) is 5.56 Å². The number of hydrogen-bond donors (Lipinski definition) is 3. The van der Waals surface area contributed by atoms with E-state index < -0.39 is 40.8 Å². The van der Waals surface area contributed by atoms with Crippen molar-refractivity contribution in [1.82, 2.24) is 30.3 Å². The minimum Gasteiger partial charge on any atom is -0.444 e. The Morgan fingerprint density at radius 3 is 2.34 bits per heavy atom. The number of aromatic nitrogens is 1. The standard InChI is InChI=1S/C44H66F2N6O6/c1-41(2,3)57-39(54)48-24-10-11-26-51(36-18-12-14-32-15-13-25-47-37(32)36)31-35-30-50(28-29-52(35)40(55)58-42(4,5)6)27-23-44(56,34-16-8-7-9-17-34)49-38(53)33-19-21-43(45,46)22-20-33/h7-9,13,15-17,25,33,35-36,56H,10-12,14,18-24,26-31H2,1-6H3,(H,48,54)(H,49,53)/t35-,36-,44-/m0/s1. The summed E-state index contributed by atoms with van der Waals surface area (Å²) >= 11 is 0. The first-order chi connectivity index (χ1) is 27.3. The number of alkyl halides is 2. The van der Waals surface area contributed by atoms with Crippen LogP contribution in [0.5, 0.6) is 0 Å². The average Bonchev–Trinajstić information content (AvgIpc) is 3.15. The maximum absolute atomic E-state index is 13.9. The fraction of sp³-hybridized carbons (Fsp3) is 0.682. The van der Waals surface area contributed by atoms with Gasteiger partial charge >= 0.3 is 12.2 Å². The van der Waals surface area contributed by atoms with Crippen LogP contribution in [0.2, 0.25) is 0 Å². The SMILES string of the molecule is CC(C)(C)OC(=O)NCCCCN(C[C@@H]1CN(CC[C@@](O)(NC(=O)C2CCC(F)(F)CC2)c2ccccc2)CCN1C(=O)OC(C)(C)C)[C@H]1CCCc2cccnc21. The van der Waals surface area contributed by atoms with Gasteiger partial charge in [-0.1, -0.05) is 36.4 Å². The largest absolute Gasteiger partial charge is 0.444 e. The highest BCUT2D eigenvalue weighted by Gasteiger charge is 2.42. The van der Waals surface area contributed by atoms with Gasteiger partial charge in [0, 0.05) is 76.2 Å². The lowest BCUT2D eigenvalue weighted by molar-refractivity contribution is -0.138. The number of amides is 3. The van der Waals surface area contributed by atoms with Gasteiger partial charge in [-0.2, -0.15) is 0 Å². The van der Waals surface area contributed by atoms with Crippen molar-refractivity contribution in [3.8, 4) is 0 Å². The van der Waals surface area contributed by atoms with Crippen LogP contribution < -0.4 is 10.6 Å². The van der Waals surface area contributed by atoms with Crippen molar-refractivity contribution in [2.45, 2.75) is 141 Å². The fourth-order valence-corrected chi connectivity index (χ4v) is 8.29. The summed E-state index contributed by atoms with van der Waals surface area (Å²) in [5.74, 6) is -3.79. The normalized spacial score (nSPS) is 21.4. The molecule has 12 nitrogen and oxygen atoms in total. The second-order valence-electron chi connectivity index (χ2n) is 18.3. The molecule has 1 aromatic carbocycles. The van der Waals surface area contributed by atoms with Gasteiger partial charge in [-0.25, -0.2) is 18.4 Å². The molecular formula is C44H66F2N6O6. The van der Waals surface area contributed by atoms with Crippen LogP contribution in [-0.2, 0) is 26.4 Å². The molecule has 0 bridgehead atoms. The van der Waals surface area contributed by atoms with Crippen LogP contribution in [-0.4, -0.2) is 112 Å². The maximum atomic E-state index is 13.9. The quantitative estimate of drug-likeness (QED) is 0.134. The number of aliphatic hydroxyl groups is 1. The molecule has 5 rings (SSSR count). The van der Waals surface area contributed by atoms with Crippen LogP contribution in [0.15, 0.2) is 48.7 Å². The molecule has 1 aromatic heterocycles. The molecule has 2 heterocycles. The topological polar surface area (TPSA) is 137 Å². The summed E-state index contributed by atoms with van der Waals surface area (Å²) in [6.07, 6.45) is 5.02. The fourth-order valence-electron chi connectivity index (χ4n) is 8.29. The number of unbranched alkanes of at least 4 members (excludes halogenated alkanes) is 1. The number of fused-ring (bicyclic) bond motifs is 1. The van der Waals surface area contributed by atoms with E-state index in [-0.39, 0.29) is 50.3 Å².